The third kappa shape index (κ3) is 3.36. The third-order valence-corrected chi connectivity index (χ3v) is 2.62. The molecule has 0 fully saturated rings. The summed E-state index contributed by atoms with van der Waals surface area (Å²) in [6, 6.07) is 4.26. The molecular weight excluding hydrogens is 247 g/mol. The van der Waals surface area contributed by atoms with E-state index in [0.717, 1.165) is 5.56 Å². The average Bonchev–Trinajstić information content (AvgIpc) is 2.75. The number of aromatic nitrogens is 2. The van der Waals surface area contributed by atoms with Crippen LogP contribution in [0, 0.1) is 12.7 Å². The smallest absolute Gasteiger partial charge is 0.258 e. The molecular formula is C13H17FN4O. The van der Waals surface area contributed by atoms with E-state index in [2.05, 4.69) is 10.1 Å². The molecule has 2 aromatic rings. The molecule has 0 saturated heterocycles. The zero-order chi connectivity index (χ0) is 14.0. The summed E-state index contributed by atoms with van der Waals surface area (Å²) in [5.74, 6) is 0.379. The van der Waals surface area contributed by atoms with Crippen LogP contribution < -0.4 is 5.73 Å². The quantitative estimate of drug-likeness (QED) is 0.911. The Hall–Kier alpha value is -1.79. The van der Waals surface area contributed by atoms with Crippen molar-refractivity contribution in [3.8, 4) is 11.5 Å². The van der Waals surface area contributed by atoms with E-state index in [1.807, 2.05) is 25.9 Å². The molecule has 0 saturated carbocycles. The topological polar surface area (TPSA) is 68.2 Å². The number of nitrogens with zero attached hydrogens (tertiary/aromatic N) is 3. The van der Waals surface area contributed by atoms with Crippen LogP contribution in [0.2, 0.25) is 0 Å². The normalized spacial score (nSPS) is 12.9. The van der Waals surface area contributed by atoms with Crippen molar-refractivity contribution in [2.24, 2.45) is 5.73 Å². The lowest BCUT2D eigenvalue weighted by molar-refractivity contribution is 0.357. The number of likely N-dealkylation sites (N-methyl/N-ethyl adjacent to an activating group) is 1. The largest absolute Gasteiger partial charge is 0.334 e. The van der Waals surface area contributed by atoms with Crippen molar-refractivity contribution < 1.29 is 8.91 Å². The first-order valence-corrected chi connectivity index (χ1v) is 5.97. The monoisotopic (exact) mass is 264 g/mol. The Kier molecular flexibility index (Phi) is 3.92. The van der Waals surface area contributed by atoms with Crippen molar-refractivity contribution in [3.63, 3.8) is 0 Å². The molecule has 2 rings (SSSR count). The highest BCUT2D eigenvalue weighted by molar-refractivity contribution is 5.54. The van der Waals surface area contributed by atoms with Crippen LogP contribution in [0.5, 0.6) is 0 Å². The Morgan fingerprint density at radius 2 is 2.11 bits per heavy atom. The zero-order valence-corrected chi connectivity index (χ0v) is 11.2. The molecule has 0 spiro atoms. The molecule has 1 atom stereocenters. The van der Waals surface area contributed by atoms with Gasteiger partial charge in [0.25, 0.3) is 5.89 Å². The molecule has 1 heterocycles. The van der Waals surface area contributed by atoms with Gasteiger partial charge in [-0.2, -0.15) is 4.98 Å². The standard InChI is InChI=1S/C13H17FN4O/c1-8-4-9(6-10(14)5-8)13-16-12(17-19-13)11(15)7-18(2)3/h4-6,11H,7,15H2,1-3H3. The maximum atomic E-state index is 13.3. The minimum absolute atomic E-state index is 0.284. The minimum Gasteiger partial charge on any atom is -0.334 e. The van der Waals surface area contributed by atoms with Crippen LogP contribution in [0.1, 0.15) is 17.4 Å². The van der Waals surface area contributed by atoms with Crippen LogP contribution >= 0.6 is 0 Å². The molecule has 6 heteroatoms. The number of rotatable bonds is 4. The van der Waals surface area contributed by atoms with E-state index < -0.39 is 0 Å². The van der Waals surface area contributed by atoms with E-state index in [1.165, 1.54) is 12.1 Å². The Morgan fingerprint density at radius 1 is 1.37 bits per heavy atom. The fraction of sp³-hybridized carbons (Fsp3) is 0.385. The van der Waals surface area contributed by atoms with Crippen molar-refractivity contribution in [1.29, 1.82) is 0 Å². The van der Waals surface area contributed by atoms with Gasteiger partial charge >= 0.3 is 0 Å². The first kappa shape index (κ1) is 13.6. The Bertz CT molecular complexity index is 547. The summed E-state index contributed by atoms with van der Waals surface area (Å²) < 4.78 is 18.5. The fourth-order valence-corrected chi connectivity index (χ4v) is 1.84. The molecule has 0 aliphatic rings. The number of halogens is 1. The van der Waals surface area contributed by atoms with Crippen molar-refractivity contribution in [2.45, 2.75) is 13.0 Å². The van der Waals surface area contributed by atoms with Crippen LogP contribution in [0.4, 0.5) is 4.39 Å². The Labute approximate surface area is 111 Å². The highest BCUT2D eigenvalue weighted by Crippen LogP contribution is 2.21. The molecule has 1 aromatic carbocycles. The summed E-state index contributed by atoms with van der Waals surface area (Å²) in [4.78, 5) is 6.16. The summed E-state index contributed by atoms with van der Waals surface area (Å²) in [6.45, 7) is 2.42. The minimum atomic E-state index is -0.331. The number of nitrogens with two attached hydrogens (primary N) is 1. The molecule has 19 heavy (non-hydrogen) atoms. The molecule has 0 amide bonds. The van der Waals surface area contributed by atoms with Crippen LogP contribution in [-0.2, 0) is 0 Å². The van der Waals surface area contributed by atoms with Crippen molar-refractivity contribution >= 4 is 0 Å². The molecule has 0 bridgehead atoms. The second kappa shape index (κ2) is 5.46. The van der Waals surface area contributed by atoms with E-state index in [4.69, 9.17) is 10.3 Å². The lowest BCUT2D eigenvalue weighted by Gasteiger charge is -2.12. The van der Waals surface area contributed by atoms with Crippen LogP contribution in [0.15, 0.2) is 22.7 Å². The highest BCUT2D eigenvalue weighted by Gasteiger charge is 2.16. The van der Waals surface area contributed by atoms with Gasteiger partial charge in [-0.05, 0) is 44.8 Å². The maximum absolute atomic E-state index is 13.3. The highest BCUT2D eigenvalue weighted by atomic mass is 19.1. The summed E-state index contributed by atoms with van der Waals surface area (Å²) in [7, 11) is 3.83. The van der Waals surface area contributed by atoms with E-state index >= 15 is 0 Å². The lowest BCUT2D eigenvalue weighted by atomic mass is 10.1. The zero-order valence-electron chi connectivity index (χ0n) is 11.2. The predicted molar refractivity (Wildman–Crippen MR) is 69.9 cm³/mol. The van der Waals surface area contributed by atoms with Gasteiger partial charge in [-0.15, -0.1) is 0 Å². The summed E-state index contributed by atoms with van der Waals surface area (Å²) >= 11 is 0. The number of aryl methyl sites for hydroxylation is 1. The molecule has 0 aliphatic heterocycles. The summed E-state index contributed by atoms with van der Waals surface area (Å²) in [5, 5.41) is 3.84. The Balaban J connectivity index is 2.25. The average molecular weight is 264 g/mol. The SMILES string of the molecule is Cc1cc(F)cc(-c2nc(C(N)CN(C)C)no2)c1. The first-order chi connectivity index (χ1) is 8.95. The summed E-state index contributed by atoms with van der Waals surface area (Å²) in [6.07, 6.45) is 0. The van der Waals surface area contributed by atoms with E-state index in [0.29, 0.717) is 17.9 Å². The van der Waals surface area contributed by atoms with Gasteiger partial charge < -0.3 is 15.2 Å². The van der Waals surface area contributed by atoms with Gasteiger partial charge in [0.05, 0.1) is 6.04 Å². The molecule has 0 radical (unpaired) electrons. The number of hydrogen-bond donors (Lipinski definition) is 1. The second-order valence-electron chi connectivity index (χ2n) is 4.84. The maximum Gasteiger partial charge on any atom is 0.258 e. The van der Waals surface area contributed by atoms with Crippen LogP contribution in [0.25, 0.3) is 11.5 Å². The molecule has 1 aromatic heterocycles. The van der Waals surface area contributed by atoms with Crippen molar-refractivity contribution in [3.05, 3.63) is 35.4 Å². The number of hydrogen-bond acceptors (Lipinski definition) is 5. The van der Waals surface area contributed by atoms with E-state index in [1.54, 1.807) is 6.07 Å². The molecule has 102 valence electrons. The number of benzene rings is 1. The molecule has 2 N–H and O–H groups in total. The molecule has 1 unspecified atom stereocenters. The predicted octanol–water partition coefficient (Wildman–Crippen LogP) is 1.75. The van der Waals surface area contributed by atoms with Gasteiger partial charge in [0, 0.05) is 12.1 Å². The molecule has 5 nitrogen and oxygen atoms in total. The van der Waals surface area contributed by atoms with Crippen molar-refractivity contribution in [2.75, 3.05) is 20.6 Å². The molecule has 0 aliphatic carbocycles. The fourth-order valence-electron chi connectivity index (χ4n) is 1.84. The van der Waals surface area contributed by atoms with Gasteiger partial charge in [0.15, 0.2) is 5.82 Å². The lowest BCUT2D eigenvalue weighted by Crippen LogP contribution is -2.26. The third-order valence-electron chi connectivity index (χ3n) is 2.62. The Morgan fingerprint density at radius 3 is 2.74 bits per heavy atom. The first-order valence-electron chi connectivity index (χ1n) is 5.97. The van der Waals surface area contributed by atoms with Gasteiger partial charge in [0.2, 0.25) is 0 Å². The van der Waals surface area contributed by atoms with Gasteiger partial charge in [-0.1, -0.05) is 5.16 Å². The van der Waals surface area contributed by atoms with Crippen molar-refractivity contribution in [1.82, 2.24) is 15.0 Å². The van der Waals surface area contributed by atoms with Gasteiger partial charge in [-0.3, -0.25) is 0 Å². The van der Waals surface area contributed by atoms with Gasteiger partial charge in [-0.25, -0.2) is 4.39 Å². The van der Waals surface area contributed by atoms with E-state index in [-0.39, 0.29) is 17.7 Å². The van der Waals surface area contributed by atoms with Gasteiger partial charge in [0.1, 0.15) is 5.82 Å². The van der Waals surface area contributed by atoms with Crippen LogP contribution in [0.3, 0.4) is 0 Å². The summed E-state index contributed by atoms with van der Waals surface area (Å²) in [5.41, 5.74) is 7.31. The second-order valence-corrected chi connectivity index (χ2v) is 4.84. The van der Waals surface area contributed by atoms with E-state index in [9.17, 15) is 4.39 Å². The van der Waals surface area contributed by atoms with Crippen LogP contribution in [-0.4, -0.2) is 35.7 Å².